The highest BCUT2D eigenvalue weighted by Crippen LogP contribution is 2.26. The number of hydrogen-bond donors (Lipinski definition) is 2. The number of ether oxygens (including phenoxy) is 1. The van der Waals surface area contributed by atoms with Gasteiger partial charge in [-0.05, 0) is 25.2 Å². The van der Waals surface area contributed by atoms with Crippen LogP contribution in [0.2, 0.25) is 0 Å². The van der Waals surface area contributed by atoms with Gasteiger partial charge in [0.15, 0.2) is 0 Å². The lowest BCUT2D eigenvalue weighted by Crippen LogP contribution is -2.29. The SMILES string of the molecule is COc1cc(N)ccc1NC(=O)CN(C)Cc1ccoc1. The van der Waals surface area contributed by atoms with Gasteiger partial charge in [-0.3, -0.25) is 9.69 Å². The Morgan fingerprint density at radius 1 is 1.43 bits per heavy atom. The van der Waals surface area contributed by atoms with Gasteiger partial charge in [-0.1, -0.05) is 0 Å². The first-order chi connectivity index (χ1) is 10.1. The number of likely N-dealkylation sites (N-methyl/N-ethyl adjacent to an activating group) is 1. The summed E-state index contributed by atoms with van der Waals surface area (Å²) < 4.78 is 10.2. The second-order valence-corrected chi connectivity index (χ2v) is 4.81. The molecule has 6 heteroatoms. The van der Waals surface area contributed by atoms with Crippen LogP contribution >= 0.6 is 0 Å². The summed E-state index contributed by atoms with van der Waals surface area (Å²) in [7, 11) is 3.41. The van der Waals surface area contributed by atoms with Crippen LogP contribution in [0.1, 0.15) is 5.56 Å². The number of nitrogens with two attached hydrogens (primary N) is 1. The first kappa shape index (κ1) is 14.9. The van der Waals surface area contributed by atoms with Crippen molar-refractivity contribution in [2.45, 2.75) is 6.54 Å². The van der Waals surface area contributed by atoms with Crippen molar-refractivity contribution < 1.29 is 13.9 Å². The summed E-state index contributed by atoms with van der Waals surface area (Å²) in [5.74, 6) is 0.421. The number of anilines is 2. The fourth-order valence-corrected chi connectivity index (χ4v) is 2.00. The highest BCUT2D eigenvalue weighted by atomic mass is 16.5. The Balaban J connectivity index is 1.92. The quantitative estimate of drug-likeness (QED) is 0.794. The molecule has 112 valence electrons. The Hall–Kier alpha value is -2.47. The van der Waals surface area contributed by atoms with Gasteiger partial charge < -0.3 is 20.2 Å². The van der Waals surface area contributed by atoms with E-state index in [2.05, 4.69) is 5.32 Å². The average Bonchev–Trinajstić information content (AvgIpc) is 2.93. The lowest BCUT2D eigenvalue weighted by Gasteiger charge is -2.16. The van der Waals surface area contributed by atoms with Gasteiger partial charge in [-0.15, -0.1) is 0 Å². The van der Waals surface area contributed by atoms with E-state index in [4.69, 9.17) is 14.9 Å². The summed E-state index contributed by atoms with van der Waals surface area (Å²) in [4.78, 5) is 13.9. The number of hydrogen-bond acceptors (Lipinski definition) is 5. The van der Waals surface area contributed by atoms with Crippen molar-refractivity contribution in [3.8, 4) is 5.75 Å². The van der Waals surface area contributed by atoms with Crippen molar-refractivity contribution in [2.24, 2.45) is 0 Å². The van der Waals surface area contributed by atoms with E-state index in [9.17, 15) is 4.79 Å². The average molecular weight is 289 g/mol. The summed E-state index contributed by atoms with van der Waals surface area (Å²) in [6.45, 7) is 0.904. The molecule has 6 nitrogen and oxygen atoms in total. The van der Waals surface area contributed by atoms with Crippen LogP contribution < -0.4 is 15.8 Å². The number of carbonyl (C=O) groups excluding carboxylic acids is 1. The first-order valence-corrected chi connectivity index (χ1v) is 6.51. The monoisotopic (exact) mass is 289 g/mol. The number of benzene rings is 1. The molecule has 0 spiro atoms. The maximum Gasteiger partial charge on any atom is 0.238 e. The molecule has 1 amide bonds. The highest BCUT2D eigenvalue weighted by Gasteiger charge is 2.11. The predicted octanol–water partition coefficient (Wildman–Crippen LogP) is 1.94. The maximum absolute atomic E-state index is 12.0. The Kier molecular flexibility index (Phi) is 4.84. The number of carbonyl (C=O) groups is 1. The van der Waals surface area contributed by atoms with E-state index >= 15 is 0 Å². The van der Waals surface area contributed by atoms with Crippen molar-refractivity contribution in [3.63, 3.8) is 0 Å². The summed E-state index contributed by atoms with van der Waals surface area (Å²) in [6, 6.07) is 6.98. The Bertz CT molecular complexity index is 596. The van der Waals surface area contributed by atoms with E-state index in [1.54, 1.807) is 30.7 Å². The van der Waals surface area contributed by atoms with Gasteiger partial charge in [0.2, 0.25) is 5.91 Å². The lowest BCUT2D eigenvalue weighted by molar-refractivity contribution is -0.117. The standard InChI is InChI=1S/C15H19N3O3/c1-18(8-11-5-6-21-10-11)9-15(19)17-13-4-3-12(16)7-14(13)20-2/h3-7,10H,8-9,16H2,1-2H3,(H,17,19). The molecule has 2 rings (SSSR count). The van der Waals surface area contributed by atoms with Crippen molar-refractivity contribution in [1.82, 2.24) is 4.90 Å². The van der Waals surface area contributed by atoms with Gasteiger partial charge in [0.1, 0.15) is 5.75 Å². The second-order valence-electron chi connectivity index (χ2n) is 4.81. The number of furan rings is 1. The minimum absolute atomic E-state index is 0.121. The van der Waals surface area contributed by atoms with E-state index in [1.807, 2.05) is 18.0 Å². The molecule has 0 aliphatic carbocycles. The molecule has 1 aromatic carbocycles. The fourth-order valence-electron chi connectivity index (χ4n) is 2.00. The van der Waals surface area contributed by atoms with Crippen molar-refractivity contribution in [3.05, 3.63) is 42.4 Å². The zero-order valence-corrected chi connectivity index (χ0v) is 12.1. The maximum atomic E-state index is 12.0. The van der Waals surface area contributed by atoms with Crippen molar-refractivity contribution >= 4 is 17.3 Å². The number of amides is 1. The molecular weight excluding hydrogens is 270 g/mol. The Morgan fingerprint density at radius 2 is 2.24 bits per heavy atom. The lowest BCUT2D eigenvalue weighted by atomic mass is 10.2. The first-order valence-electron chi connectivity index (χ1n) is 6.51. The fraction of sp³-hybridized carbons (Fsp3) is 0.267. The molecule has 0 fully saturated rings. The number of nitrogens with one attached hydrogen (secondary N) is 1. The minimum atomic E-state index is -0.121. The molecule has 0 saturated carbocycles. The number of nitrogen functional groups attached to an aromatic ring is 1. The van der Waals surface area contributed by atoms with E-state index in [0.29, 0.717) is 23.7 Å². The molecule has 21 heavy (non-hydrogen) atoms. The molecule has 1 aromatic heterocycles. The Morgan fingerprint density at radius 3 is 2.90 bits per heavy atom. The molecule has 0 aliphatic rings. The van der Waals surface area contributed by atoms with Crippen LogP contribution in [0.15, 0.2) is 41.2 Å². The zero-order chi connectivity index (χ0) is 15.2. The van der Waals surface area contributed by atoms with Crippen molar-refractivity contribution in [2.75, 3.05) is 31.8 Å². The van der Waals surface area contributed by atoms with Gasteiger partial charge in [0.05, 0.1) is 31.9 Å². The predicted molar refractivity (Wildman–Crippen MR) is 81.1 cm³/mol. The summed E-state index contributed by atoms with van der Waals surface area (Å²) in [6.07, 6.45) is 3.28. The molecule has 0 radical (unpaired) electrons. The number of rotatable bonds is 6. The third-order valence-electron chi connectivity index (χ3n) is 2.95. The molecule has 0 saturated heterocycles. The zero-order valence-electron chi connectivity index (χ0n) is 12.1. The minimum Gasteiger partial charge on any atom is -0.494 e. The van der Waals surface area contributed by atoms with Crippen molar-refractivity contribution in [1.29, 1.82) is 0 Å². The molecule has 3 N–H and O–H groups in total. The van der Waals surface area contributed by atoms with Gasteiger partial charge in [-0.2, -0.15) is 0 Å². The second kappa shape index (κ2) is 6.81. The molecule has 2 aromatic rings. The normalized spacial score (nSPS) is 10.6. The van der Waals surface area contributed by atoms with Crippen LogP contribution in [0.3, 0.4) is 0 Å². The molecule has 0 bridgehead atoms. The summed E-state index contributed by atoms with van der Waals surface area (Å²) in [5.41, 5.74) is 7.89. The number of methoxy groups -OCH3 is 1. The van der Waals surface area contributed by atoms with Crippen LogP contribution in [0.4, 0.5) is 11.4 Å². The van der Waals surface area contributed by atoms with Gasteiger partial charge in [0.25, 0.3) is 0 Å². The summed E-state index contributed by atoms with van der Waals surface area (Å²) >= 11 is 0. The van der Waals surface area contributed by atoms with E-state index in [-0.39, 0.29) is 12.5 Å². The van der Waals surface area contributed by atoms with Crippen LogP contribution in [-0.4, -0.2) is 31.5 Å². The van der Waals surface area contributed by atoms with E-state index in [1.165, 1.54) is 7.11 Å². The third kappa shape index (κ3) is 4.25. The van der Waals surface area contributed by atoms with Gasteiger partial charge >= 0.3 is 0 Å². The molecule has 1 heterocycles. The van der Waals surface area contributed by atoms with E-state index in [0.717, 1.165) is 5.56 Å². The van der Waals surface area contributed by atoms with Crippen LogP contribution in [0.25, 0.3) is 0 Å². The van der Waals surface area contributed by atoms with E-state index < -0.39 is 0 Å². The third-order valence-corrected chi connectivity index (χ3v) is 2.95. The molecule has 0 atom stereocenters. The van der Waals surface area contributed by atoms with Crippen LogP contribution in [0.5, 0.6) is 5.75 Å². The van der Waals surface area contributed by atoms with Crippen LogP contribution in [0, 0.1) is 0 Å². The summed E-state index contributed by atoms with van der Waals surface area (Å²) in [5, 5.41) is 2.81. The Labute approximate surface area is 123 Å². The topological polar surface area (TPSA) is 80.7 Å². The largest absolute Gasteiger partial charge is 0.494 e. The highest BCUT2D eigenvalue weighted by molar-refractivity contribution is 5.94. The molecule has 0 unspecified atom stereocenters. The van der Waals surface area contributed by atoms with Gasteiger partial charge in [-0.25, -0.2) is 0 Å². The smallest absolute Gasteiger partial charge is 0.238 e. The molecule has 0 aliphatic heterocycles. The van der Waals surface area contributed by atoms with Gasteiger partial charge in [0, 0.05) is 23.9 Å². The van der Waals surface area contributed by atoms with Crippen LogP contribution in [-0.2, 0) is 11.3 Å². The molecular formula is C15H19N3O3. The number of nitrogens with zero attached hydrogens (tertiary/aromatic N) is 1.